The maximum Gasteiger partial charge on any atom is 0.285 e. The summed E-state index contributed by atoms with van der Waals surface area (Å²) in [5.41, 5.74) is 0.711. The lowest BCUT2D eigenvalue weighted by Crippen LogP contribution is -2.38. The van der Waals surface area contributed by atoms with E-state index in [1.54, 1.807) is 12.1 Å². The molecule has 2 aliphatic heterocycles. The predicted molar refractivity (Wildman–Crippen MR) is 73.8 cm³/mol. The van der Waals surface area contributed by atoms with Gasteiger partial charge in [-0.2, -0.15) is 8.42 Å². The van der Waals surface area contributed by atoms with Gasteiger partial charge in [0.25, 0.3) is 10.0 Å². The highest BCUT2D eigenvalue weighted by Crippen LogP contribution is 2.27. The second kappa shape index (κ2) is 4.61. The van der Waals surface area contributed by atoms with Crippen LogP contribution in [0.5, 0.6) is 0 Å². The van der Waals surface area contributed by atoms with Crippen molar-refractivity contribution in [3.8, 4) is 0 Å². The highest BCUT2D eigenvalue weighted by molar-refractivity contribution is 7.90. The summed E-state index contributed by atoms with van der Waals surface area (Å²) in [5, 5.41) is 3.41. The summed E-state index contributed by atoms with van der Waals surface area (Å²) in [6.45, 7) is 1.82. The highest BCUT2D eigenvalue weighted by Gasteiger charge is 2.31. The van der Waals surface area contributed by atoms with Crippen LogP contribution in [0.3, 0.4) is 0 Å². The highest BCUT2D eigenvalue weighted by atomic mass is 32.2. The first-order chi connectivity index (χ1) is 9.08. The van der Waals surface area contributed by atoms with E-state index >= 15 is 0 Å². The number of nitrogens with one attached hydrogen (secondary N) is 1. The van der Waals surface area contributed by atoms with Crippen LogP contribution in [0.2, 0.25) is 0 Å². The van der Waals surface area contributed by atoms with Crippen molar-refractivity contribution in [3.05, 3.63) is 29.8 Å². The minimum atomic E-state index is -3.51. The van der Waals surface area contributed by atoms with Gasteiger partial charge in [0, 0.05) is 25.2 Å². The van der Waals surface area contributed by atoms with Crippen molar-refractivity contribution in [2.45, 2.75) is 23.8 Å². The molecule has 6 heteroatoms. The molecule has 0 aliphatic carbocycles. The van der Waals surface area contributed by atoms with Gasteiger partial charge < -0.3 is 10.2 Å². The van der Waals surface area contributed by atoms with Crippen LogP contribution in [0, 0.1) is 0 Å². The molecule has 2 heterocycles. The third-order valence-electron chi connectivity index (χ3n) is 3.63. The minimum absolute atomic E-state index is 0.316. The normalized spacial score (nSPS) is 24.1. The van der Waals surface area contributed by atoms with Gasteiger partial charge >= 0.3 is 0 Å². The van der Waals surface area contributed by atoms with E-state index in [1.165, 1.54) is 6.42 Å². The maximum absolute atomic E-state index is 12.0. The van der Waals surface area contributed by atoms with Gasteiger partial charge in [-0.15, -0.1) is 4.40 Å². The number of hydrogen-bond donors (Lipinski definition) is 1. The molecule has 0 unspecified atom stereocenters. The van der Waals surface area contributed by atoms with Crippen molar-refractivity contribution in [1.29, 1.82) is 0 Å². The van der Waals surface area contributed by atoms with Gasteiger partial charge in [-0.25, -0.2) is 0 Å². The Bertz CT molecular complexity index is 619. The molecule has 1 aromatic carbocycles. The van der Waals surface area contributed by atoms with Crippen LogP contribution in [0.25, 0.3) is 0 Å². The number of amidine groups is 1. The number of benzene rings is 1. The van der Waals surface area contributed by atoms with E-state index in [0.29, 0.717) is 22.3 Å². The Labute approximate surface area is 113 Å². The molecule has 2 aliphatic rings. The molecule has 102 valence electrons. The fourth-order valence-electron chi connectivity index (χ4n) is 2.69. The molecule has 1 atom stereocenters. The molecule has 1 N–H and O–H groups in total. The van der Waals surface area contributed by atoms with E-state index in [9.17, 15) is 8.42 Å². The summed E-state index contributed by atoms with van der Waals surface area (Å²) >= 11 is 0. The molecule has 1 fully saturated rings. The van der Waals surface area contributed by atoms with Crippen LogP contribution in [-0.4, -0.2) is 45.3 Å². The Hall–Kier alpha value is -1.40. The number of fused-ring (bicyclic) bond motifs is 1. The summed E-state index contributed by atoms with van der Waals surface area (Å²) in [5.74, 6) is 0.560. The second-order valence-electron chi connectivity index (χ2n) is 5.06. The van der Waals surface area contributed by atoms with Gasteiger partial charge in [0.2, 0.25) is 0 Å². The quantitative estimate of drug-likeness (QED) is 0.870. The van der Waals surface area contributed by atoms with Gasteiger partial charge in [-0.05, 0) is 31.5 Å². The topological polar surface area (TPSA) is 61.8 Å². The third-order valence-corrected chi connectivity index (χ3v) is 4.96. The first-order valence-corrected chi connectivity index (χ1v) is 7.91. The van der Waals surface area contributed by atoms with Crippen molar-refractivity contribution in [2.24, 2.45) is 4.40 Å². The van der Waals surface area contributed by atoms with Crippen molar-refractivity contribution < 1.29 is 8.42 Å². The van der Waals surface area contributed by atoms with Crippen LogP contribution in [0.15, 0.2) is 33.6 Å². The standard InChI is InChI=1S/C13H17N3O2S/c1-16(9-10-5-4-8-14-10)13-11-6-2-3-7-12(11)19(17,18)15-13/h2-3,6-7,10,14H,4-5,8-9H2,1H3/t10-/m0/s1. The fourth-order valence-corrected chi connectivity index (χ4v) is 3.94. The van der Waals surface area contributed by atoms with Crippen molar-refractivity contribution >= 4 is 15.9 Å². The van der Waals surface area contributed by atoms with E-state index < -0.39 is 10.0 Å². The molecule has 3 rings (SSSR count). The molecule has 0 spiro atoms. The van der Waals surface area contributed by atoms with E-state index in [2.05, 4.69) is 9.71 Å². The molecule has 5 nitrogen and oxygen atoms in total. The average Bonchev–Trinajstić information content (AvgIpc) is 2.97. The SMILES string of the molecule is CN(C[C@@H]1CCCN1)C1=NS(=O)(=O)c2ccccc21. The van der Waals surface area contributed by atoms with Gasteiger partial charge in [-0.3, -0.25) is 0 Å². The summed E-state index contributed by atoms with van der Waals surface area (Å²) in [4.78, 5) is 2.25. The number of hydrogen-bond acceptors (Lipinski definition) is 4. The summed E-state index contributed by atoms with van der Waals surface area (Å²) in [6, 6.07) is 7.42. The zero-order chi connectivity index (χ0) is 13.5. The van der Waals surface area contributed by atoms with E-state index in [0.717, 1.165) is 19.5 Å². The molecular formula is C13H17N3O2S. The Kier molecular flexibility index (Phi) is 3.06. The molecule has 0 bridgehead atoms. The maximum atomic E-state index is 12.0. The van der Waals surface area contributed by atoms with Crippen LogP contribution in [0.1, 0.15) is 18.4 Å². The lowest BCUT2D eigenvalue weighted by Gasteiger charge is -2.22. The summed E-state index contributed by atoms with van der Waals surface area (Å²) in [6.07, 6.45) is 2.31. The molecule has 1 aromatic rings. The second-order valence-corrected chi connectivity index (χ2v) is 6.63. The largest absolute Gasteiger partial charge is 0.357 e. The van der Waals surface area contributed by atoms with Gasteiger partial charge in [0.1, 0.15) is 4.90 Å². The lowest BCUT2D eigenvalue weighted by molar-refractivity contribution is 0.426. The molecule has 19 heavy (non-hydrogen) atoms. The average molecular weight is 279 g/mol. The van der Waals surface area contributed by atoms with Crippen molar-refractivity contribution in [2.75, 3.05) is 20.1 Å². The van der Waals surface area contributed by atoms with E-state index in [4.69, 9.17) is 0 Å². The third kappa shape index (κ3) is 2.26. The fraction of sp³-hybridized carbons (Fsp3) is 0.462. The molecule has 0 aromatic heterocycles. The van der Waals surface area contributed by atoms with Crippen LogP contribution >= 0.6 is 0 Å². The predicted octanol–water partition coefficient (Wildman–Crippen LogP) is 0.819. The zero-order valence-electron chi connectivity index (χ0n) is 10.8. The summed E-state index contributed by atoms with van der Waals surface area (Å²) < 4.78 is 27.9. The lowest BCUT2D eigenvalue weighted by atomic mass is 10.1. The van der Waals surface area contributed by atoms with E-state index in [-0.39, 0.29) is 0 Å². The van der Waals surface area contributed by atoms with Gasteiger partial charge in [0.15, 0.2) is 5.84 Å². The first kappa shape index (κ1) is 12.6. The molecule has 1 saturated heterocycles. The number of rotatable bonds is 2. The number of sulfonamides is 1. The summed E-state index contributed by atoms with van der Waals surface area (Å²) in [7, 11) is -1.61. The Morgan fingerprint density at radius 2 is 2.21 bits per heavy atom. The van der Waals surface area contributed by atoms with Crippen LogP contribution in [-0.2, 0) is 10.0 Å². The zero-order valence-corrected chi connectivity index (χ0v) is 11.7. The first-order valence-electron chi connectivity index (χ1n) is 6.47. The van der Waals surface area contributed by atoms with Crippen LogP contribution < -0.4 is 5.32 Å². The molecule has 0 radical (unpaired) electrons. The van der Waals surface area contributed by atoms with Crippen molar-refractivity contribution in [1.82, 2.24) is 10.2 Å². The Morgan fingerprint density at radius 1 is 1.42 bits per heavy atom. The van der Waals surface area contributed by atoms with E-state index in [1.807, 2.05) is 24.1 Å². The van der Waals surface area contributed by atoms with Crippen LogP contribution in [0.4, 0.5) is 0 Å². The number of nitrogens with zero attached hydrogens (tertiary/aromatic N) is 2. The Balaban J connectivity index is 1.89. The van der Waals surface area contributed by atoms with Gasteiger partial charge in [0.05, 0.1) is 0 Å². The molecule has 0 saturated carbocycles. The van der Waals surface area contributed by atoms with Gasteiger partial charge in [-0.1, -0.05) is 12.1 Å². The van der Waals surface area contributed by atoms with Crippen molar-refractivity contribution in [3.63, 3.8) is 0 Å². The smallest absolute Gasteiger partial charge is 0.285 e. The molecular weight excluding hydrogens is 262 g/mol. The Morgan fingerprint density at radius 3 is 2.95 bits per heavy atom. The number of likely N-dealkylation sites (N-methyl/N-ethyl adjacent to an activating group) is 1. The minimum Gasteiger partial charge on any atom is -0.357 e. The molecule has 0 amide bonds. The monoisotopic (exact) mass is 279 g/mol.